The fourth-order valence-electron chi connectivity index (χ4n) is 11.5. The van der Waals surface area contributed by atoms with Crippen LogP contribution in [0.3, 0.4) is 0 Å². The van der Waals surface area contributed by atoms with E-state index in [1.54, 1.807) is 39.7 Å². The van der Waals surface area contributed by atoms with Crippen molar-refractivity contribution in [2.45, 2.75) is 94.7 Å². The van der Waals surface area contributed by atoms with Crippen LogP contribution in [0.15, 0.2) is 60.7 Å². The number of ether oxygens (including phenoxy) is 3. The minimum Gasteiger partial charge on any atom is -0.477 e. The van der Waals surface area contributed by atoms with Crippen LogP contribution in [0.2, 0.25) is 5.02 Å². The van der Waals surface area contributed by atoms with E-state index in [-0.39, 0.29) is 23.0 Å². The summed E-state index contributed by atoms with van der Waals surface area (Å²) in [5.74, 6) is -1.61. The molecule has 2 aliphatic carbocycles. The number of morpholine rings is 2. The standard InChI is InChI=1S/C27H32FN5O3.C18H15ClFN3O2.C10H19BF3N2O/c28-20-4-6-22(7-5-20)33-26-24(25(30-33)18-2-1-3-18)19(16-23(29-26)27(34)35)17-31-10-8-21(9-11-31)32-12-14-36-15-13-32;1-25-18(24)14-9-13(19)15-16(10-3-2-4-10)22-23(17(15)21-14)12-7-5-11(20)6-8-12;12-11(13,14)9-15-3-1-10(2-4-15)16-5-7-17-8-6-16/h4-7,16,18,21H,1-3,8-15,17H2,(H,34,35);5-10H,2-4H2,1H3;10H,1-9H2/q;;-1. The SMILES string of the molecule is COC(=O)c1cc(Cl)c2c(C3CCC3)nn(-c3ccc(F)cc3)c2n1.F[B-](F)(F)CN1CCC(N2CCOCC2)CC1.O=C(O)c1cc(CN2CCC(N3CCOCC3)CC2)c2c(C3CCC3)nn(-c3ccc(F)cc3)c2n1. The van der Waals surface area contributed by atoms with E-state index < -0.39 is 25.4 Å². The van der Waals surface area contributed by atoms with Gasteiger partial charge in [-0.25, -0.2) is 37.7 Å². The third-order valence-corrected chi connectivity index (χ3v) is 16.5. The molecule has 8 heterocycles. The highest BCUT2D eigenvalue weighted by Gasteiger charge is 2.34. The van der Waals surface area contributed by atoms with Crippen LogP contribution < -0.4 is 0 Å². The predicted molar refractivity (Wildman–Crippen MR) is 286 cm³/mol. The smallest absolute Gasteiger partial charge is 0.477 e. The molecule has 12 rings (SSSR count). The van der Waals surface area contributed by atoms with Gasteiger partial charge in [-0.15, -0.1) is 0 Å². The van der Waals surface area contributed by atoms with Crippen molar-refractivity contribution in [3.63, 3.8) is 0 Å². The molecular weight excluding hydrogens is 1040 g/mol. The number of carboxylic acids is 1. The molecule has 1 N–H and O–H groups in total. The highest BCUT2D eigenvalue weighted by molar-refractivity contribution is 6.58. The number of likely N-dealkylation sites (tertiary alicyclic amines) is 2. The number of pyridine rings is 2. The van der Waals surface area contributed by atoms with Crippen LogP contribution in [0.25, 0.3) is 33.4 Å². The third-order valence-electron chi connectivity index (χ3n) is 16.2. The van der Waals surface area contributed by atoms with E-state index in [1.165, 1.54) is 48.8 Å². The van der Waals surface area contributed by atoms with Crippen LogP contribution in [-0.4, -0.2) is 178 Å². The number of rotatable bonds is 12. The molecule has 0 spiro atoms. The monoisotopic (exact) mass is 1100 g/mol. The molecule has 0 atom stereocenters. The van der Waals surface area contributed by atoms with E-state index in [2.05, 4.69) is 24.7 Å². The van der Waals surface area contributed by atoms with Gasteiger partial charge in [-0.3, -0.25) is 14.7 Å². The number of aromatic carboxylic acids is 1. The fraction of sp³-hybridized carbons (Fsp3) is 0.527. The Hall–Kier alpha value is -5.62. The number of benzene rings is 2. The minimum atomic E-state index is -4.67. The molecule has 6 aromatic rings. The summed E-state index contributed by atoms with van der Waals surface area (Å²) in [5, 5.41) is 21.6. The van der Waals surface area contributed by atoms with Crippen LogP contribution in [0.1, 0.15) is 114 Å². The van der Waals surface area contributed by atoms with Crippen molar-refractivity contribution in [2.75, 3.05) is 92.3 Å². The van der Waals surface area contributed by atoms with E-state index in [4.69, 9.17) is 36.0 Å². The number of halogens is 6. The number of esters is 1. The second-order valence-electron chi connectivity index (χ2n) is 21.2. The molecule has 0 radical (unpaired) electrons. The van der Waals surface area contributed by atoms with E-state index in [1.807, 2.05) is 0 Å². The van der Waals surface area contributed by atoms with Gasteiger partial charge in [0.25, 0.3) is 0 Å². The lowest BCUT2D eigenvalue weighted by molar-refractivity contribution is 0.000255. The Kier molecular flexibility index (Phi) is 17.7. The van der Waals surface area contributed by atoms with E-state index in [9.17, 15) is 36.4 Å². The average Bonchev–Trinajstić information content (AvgIpc) is 4.12. The number of carboxylic acid groups (broad SMARTS) is 1. The zero-order valence-corrected chi connectivity index (χ0v) is 44.6. The van der Waals surface area contributed by atoms with E-state index in [0.717, 1.165) is 151 Å². The highest BCUT2D eigenvalue weighted by Crippen LogP contribution is 2.43. The number of fused-ring (bicyclic) bond motifs is 2. The molecule has 0 unspecified atom stereocenters. The molecule has 4 saturated heterocycles. The molecule has 6 aliphatic rings. The van der Waals surface area contributed by atoms with Crippen LogP contribution in [0, 0.1) is 11.6 Å². The maximum absolute atomic E-state index is 13.6. The highest BCUT2D eigenvalue weighted by atomic mass is 35.5. The number of methoxy groups -OCH3 is 1. The van der Waals surface area contributed by atoms with Crippen molar-refractivity contribution in [3.05, 3.63) is 106 Å². The van der Waals surface area contributed by atoms with Gasteiger partial charge in [-0.1, -0.05) is 24.4 Å². The summed E-state index contributed by atoms with van der Waals surface area (Å²) < 4.78 is 82.6. The quantitative estimate of drug-likeness (QED) is 0.0703. The van der Waals surface area contributed by atoms with Gasteiger partial charge < -0.3 is 37.2 Å². The summed E-state index contributed by atoms with van der Waals surface area (Å²) in [4.78, 5) is 41.7. The Balaban J connectivity index is 0.000000142. The zero-order valence-electron chi connectivity index (χ0n) is 43.9. The molecule has 78 heavy (non-hydrogen) atoms. The normalized spacial score (nSPS) is 19.9. The third kappa shape index (κ3) is 13.0. The fourth-order valence-corrected chi connectivity index (χ4v) is 11.8. The Labute approximate surface area is 454 Å². The average molecular weight is 1100 g/mol. The van der Waals surface area contributed by atoms with Gasteiger partial charge in [0.15, 0.2) is 22.7 Å². The molecule has 0 bridgehead atoms. The second kappa shape index (κ2) is 24.8. The molecule has 6 fully saturated rings. The van der Waals surface area contributed by atoms with Crippen LogP contribution in [0.5, 0.6) is 0 Å². The Morgan fingerprint density at radius 2 is 1.09 bits per heavy atom. The first-order chi connectivity index (χ1) is 37.7. The minimum absolute atomic E-state index is 0.0177. The van der Waals surface area contributed by atoms with Crippen molar-refractivity contribution in [3.8, 4) is 11.4 Å². The summed E-state index contributed by atoms with van der Waals surface area (Å²) in [6, 6.07) is 16.4. The number of piperidine rings is 2. The first kappa shape index (κ1) is 55.7. The molecule has 2 aromatic carbocycles. The van der Waals surface area contributed by atoms with Gasteiger partial charge in [0, 0.05) is 62.0 Å². The van der Waals surface area contributed by atoms with Crippen molar-refractivity contribution in [2.24, 2.45) is 0 Å². The number of carbonyl (C=O) groups excluding carboxylic acids is 1. The molecule has 23 heteroatoms. The zero-order chi connectivity index (χ0) is 54.5. The van der Waals surface area contributed by atoms with E-state index >= 15 is 0 Å². The second-order valence-corrected chi connectivity index (χ2v) is 21.6. The maximum atomic E-state index is 13.6. The van der Waals surface area contributed by atoms with Crippen molar-refractivity contribution < 1.29 is 50.6 Å². The molecular formula is C55H66BClF5N10O6-. The number of hydrogen-bond donors (Lipinski definition) is 1. The van der Waals surface area contributed by atoms with E-state index in [0.29, 0.717) is 71.2 Å². The van der Waals surface area contributed by atoms with Gasteiger partial charge >= 0.3 is 18.9 Å². The summed E-state index contributed by atoms with van der Waals surface area (Å²) in [6.45, 7) is 6.09. The summed E-state index contributed by atoms with van der Waals surface area (Å²) in [5.41, 5.74) is 5.32. The maximum Gasteiger partial charge on any atom is 0.492 e. The van der Waals surface area contributed by atoms with Gasteiger partial charge in [0.2, 0.25) is 0 Å². The summed E-state index contributed by atoms with van der Waals surface area (Å²) in [6.07, 6.45) is 9.76. The van der Waals surface area contributed by atoms with Crippen LogP contribution in [-0.2, 0) is 20.8 Å². The molecule has 2 saturated carbocycles. The number of aromatic nitrogens is 6. The van der Waals surface area contributed by atoms with Crippen LogP contribution in [0.4, 0.5) is 21.7 Å². The Morgan fingerprint density at radius 1 is 0.641 bits per heavy atom. The van der Waals surface area contributed by atoms with Crippen LogP contribution >= 0.6 is 11.6 Å². The largest absolute Gasteiger partial charge is 0.492 e. The first-order valence-electron chi connectivity index (χ1n) is 27.3. The lowest BCUT2D eigenvalue weighted by Gasteiger charge is -2.41. The molecule has 0 amide bonds. The summed E-state index contributed by atoms with van der Waals surface area (Å²) >= 11 is 6.46. The van der Waals surface area contributed by atoms with Crippen molar-refractivity contribution >= 4 is 52.6 Å². The predicted octanol–water partition coefficient (Wildman–Crippen LogP) is 9.26. The number of carbonyl (C=O) groups is 2. The first-order valence-corrected chi connectivity index (χ1v) is 27.7. The lowest BCUT2D eigenvalue weighted by Crippen LogP contribution is -2.50. The molecule has 418 valence electrons. The van der Waals surface area contributed by atoms with Gasteiger partial charge in [-0.05, 0) is 150 Å². The van der Waals surface area contributed by atoms with Crippen molar-refractivity contribution in [1.82, 2.24) is 49.1 Å². The Morgan fingerprint density at radius 3 is 1.53 bits per heavy atom. The molecule has 4 aromatic heterocycles. The lowest BCUT2D eigenvalue weighted by atomic mass is 9.81. The van der Waals surface area contributed by atoms with Gasteiger partial charge in [0.1, 0.15) is 11.6 Å². The topological polar surface area (TPSA) is 156 Å². The molecule has 16 nitrogen and oxygen atoms in total. The molecule has 4 aliphatic heterocycles. The van der Waals surface area contributed by atoms with Gasteiger partial charge in [-0.2, -0.15) is 10.2 Å². The van der Waals surface area contributed by atoms with Gasteiger partial charge in [0.05, 0.1) is 66.7 Å². The van der Waals surface area contributed by atoms with Crippen molar-refractivity contribution in [1.29, 1.82) is 0 Å². The number of nitrogens with zero attached hydrogens (tertiary/aromatic N) is 10. The summed E-state index contributed by atoms with van der Waals surface area (Å²) in [7, 11) is 1.29. The Bertz CT molecular complexity index is 3020. The number of hydrogen-bond acceptors (Lipinski definition) is 13.